The summed E-state index contributed by atoms with van der Waals surface area (Å²) in [7, 11) is 1.49. The van der Waals surface area contributed by atoms with Gasteiger partial charge in [0.25, 0.3) is 0 Å². The number of hydrogen-bond donors (Lipinski definition) is 1. The van der Waals surface area contributed by atoms with Crippen LogP contribution in [-0.4, -0.2) is 43.2 Å². The summed E-state index contributed by atoms with van der Waals surface area (Å²) in [6.45, 7) is 6.09. The molecule has 2 heterocycles. The number of likely N-dealkylation sites (tertiary alicyclic amines) is 1. The molecule has 1 N–H and O–H groups in total. The van der Waals surface area contributed by atoms with Crippen LogP contribution in [-0.2, 0) is 16.1 Å². The first-order chi connectivity index (χ1) is 10.2. The molecule has 0 saturated carbocycles. The fraction of sp³-hybridized carbons (Fsp3) is 0.688. The lowest BCUT2D eigenvalue weighted by Gasteiger charge is -2.31. The smallest absolute Gasteiger partial charge is 0.326 e. The van der Waals surface area contributed by atoms with Gasteiger partial charge in [0.05, 0.1) is 7.11 Å². The van der Waals surface area contributed by atoms with Crippen molar-refractivity contribution >= 4 is 17.3 Å². The molecule has 0 aromatic carbocycles. The van der Waals surface area contributed by atoms with E-state index in [-0.39, 0.29) is 5.97 Å². The van der Waals surface area contributed by atoms with E-state index in [0.29, 0.717) is 0 Å². The van der Waals surface area contributed by atoms with Crippen molar-refractivity contribution in [2.24, 2.45) is 0 Å². The van der Waals surface area contributed by atoms with E-state index >= 15 is 0 Å². The summed E-state index contributed by atoms with van der Waals surface area (Å²) in [6.07, 6.45) is 3.87. The normalized spacial score (nSPS) is 23.7. The van der Waals surface area contributed by atoms with Crippen LogP contribution in [0, 0.1) is 0 Å². The highest BCUT2D eigenvalue weighted by atomic mass is 32.1. The zero-order valence-electron chi connectivity index (χ0n) is 13.1. The van der Waals surface area contributed by atoms with Gasteiger partial charge in [0.1, 0.15) is 5.54 Å². The van der Waals surface area contributed by atoms with E-state index in [2.05, 4.69) is 28.6 Å². The van der Waals surface area contributed by atoms with E-state index < -0.39 is 5.54 Å². The molecule has 1 aromatic heterocycles. The average Bonchev–Trinajstić information content (AvgIpc) is 2.93. The fourth-order valence-corrected chi connectivity index (χ4v) is 3.69. The van der Waals surface area contributed by atoms with E-state index in [0.717, 1.165) is 51.9 Å². The standard InChI is InChI=1S/C16H26N2O2S/c1-3-9-18-10-5-7-16(8-11-18,15(19)20-2)17-13-14-6-4-12-21-14/h4,6,12,17H,3,5,7-11,13H2,1-2H3. The second-order valence-electron chi connectivity index (χ2n) is 5.70. The highest BCUT2D eigenvalue weighted by Gasteiger charge is 2.40. The number of methoxy groups -OCH3 is 1. The van der Waals surface area contributed by atoms with E-state index in [4.69, 9.17) is 4.74 Å². The van der Waals surface area contributed by atoms with Crippen LogP contribution in [0.25, 0.3) is 0 Å². The van der Waals surface area contributed by atoms with Gasteiger partial charge in [-0.1, -0.05) is 13.0 Å². The molecule has 21 heavy (non-hydrogen) atoms. The molecule has 1 aromatic rings. The summed E-state index contributed by atoms with van der Waals surface area (Å²) in [5.74, 6) is -0.114. The summed E-state index contributed by atoms with van der Waals surface area (Å²) >= 11 is 1.72. The molecule has 1 fully saturated rings. The first-order valence-electron chi connectivity index (χ1n) is 7.78. The highest BCUT2D eigenvalue weighted by Crippen LogP contribution is 2.25. The summed E-state index contributed by atoms with van der Waals surface area (Å²) in [5, 5.41) is 5.57. The molecule has 0 radical (unpaired) electrons. The predicted molar refractivity (Wildman–Crippen MR) is 86.5 cm³/mol. The Balaban J connectivity index is 2.04. The van der Waals surface area contributed by atoms with Crippen LogP contribution in [0.1, 0.15) is 37.5 Å². The SMILES string of the molecule is CCCN1CCCC(NCc2cccs2)(C(=O)OC)CC1. The molecule has 1 saturated heterocycles. The van der Waals surface area contributed by atoms with Gasteiger partial charge in [0, 0.05) is 18.0 Å². The largest absolute Gasteiger partial charge is 0.468 e. The lowest BCUT2D eigenvalue weighted by atomic mass is 9.90. The molecule has 118 valence electrons. The van der Waals surface area contributed by atoms with Gasteiger partial charge in [0.15, 0.2) is 0 Å². The van der Waals surface area contributed by atoms with Gasteiger partial charge in [-0.2, -0.15) is 0 Å². The first kappa shape index (κ1) is 16.5. The Morgan fingerprint density at radius 1 is 1.48 bits per heavy atom. The molecule has 0 spiro atoms. The van der Waals surface area contributed by atoms with Gasteiger partial charge in [-0.05, 0) is 50.2 Å². The molecule has 1 atom stereocenters. The van der Waals surface area contributed by atoms with Crippen molar-refractivity contribution in [3.63, 3.8) is 0 Å². The maximum atomic E-state index is 12.4. The van der Waals surface area contributed by atoms with Crippen molar-refractivity contribution in [2.75, 3.05) is 26.7 Å². The molecule has 5 heteroatoms. The fourth-order valence-electron chi connectivity index (χ4n) is 3.05. The molecule has 1 aliphatic rings. The number of esters is 1. The van der Waals surface area contributed by atoms with Crippen LogP contribution in [0.4, 0.5) is 0 Å². The summed E-state index contributed by atoms with van der Waals surface area (Å²) in [5.41, 5.74) is -0.527. The second kappa shape index (κ2) is 7.92. The van der Waals surface area contributed by atoms with Crippen molar-refractivity contribution < 1.29 is 9.53 Å². The van der Waals surface area contributed by atoms with E-state index in [9.17, 15) is 4.79 Å². The number of nitrogens with one attached hydrogen (secondary N) is 1. The lowest BCUT2D eigenvalue weighted by molar-refractivity contribution is -0.149. The van der Waals surface area contributed by atoms with Gasteiger partial charge in [0.2, 0.25) is 0 Å². The average molecular weight is 310 g/mol. The van der Waals surface area contributed by atoms with Crippen molar-refractivity contribution in [1.29, 1.82) is 0 Å². The summed E-state index contributed by atoms with van der Waals surface area (Å²) < 4.78 is 5.10. The molecule has 0 aliphatic carbocycles. The maximum Gasteiger partial charge on any atom is 0.326 e. The van der Waals surface area contributed by atoms with Crippen molar-refractivity contribution in [3.05, 3.63) is 22.4 Å². The Labute approximate surface area is 131 Å². The first-order valence-corrected chi connectivity index (χ1v) is 8.66. The van der Waals surface area contributed by atoms with Crippen LogP contribution >= 0.6 is 11.3 Å². The minimum absolute atomic E-state index is 0.114. The molecule has 0 amide bonds. The number of ether oxygens (including phenoxy) is 1. The Morgan fingerprint density at radius 3 is 3.00 bits per heavy atom. The van der Waals surface area contributed by atoms with Crippen molar-refractivity contribution in [1.82, 2.24) is 10.2 Å². The van der Waals surface area contributed by atoms with Crippen molar-refractivity contribution in [2.45, 2.75) is 44.7 Å². The number of hydrogen-bond acceptors (Lipinski definition) is 5. The Kier molecular flexibility index (Phi) is 6.21. The number of thiophene rings is 1. The van der Waals surface area contributed by atoms with Gasteiger partial charge in [-0.25, -0.2) is 0 Å². The third-order valence-electron chi connectivity index (χ3n) is 4.23. The van der Waals surface area contributed by atoms with Gasteiger partial charge < -0.3 is 9.64 Å². The van der Waals surface area contributed by atoms with Crippen LogP contribution in [0.2, 0.25) is 0 Å². The molecular formula is C16H26N2O2S. The van der Waals surface area contributed by atoms with E-state index in [1.807, 2.05) is 6.07 Å². The number of carbonyl (C=O) groups excluding carboxylic acids is 1. The van der Waals surface area contributed by atoms with Crippen LogP contribution < -0.4 is 5.32 Å². The second-order valence-corrected chi connectivity index (χ2v) is 6.73. The van der Waals surface area contributed by atoms with Crippen LogP contribution in [0.15, 0.2) is 17.5 Å². The number of rotatable bonds is 6. The Hall–Kier alpha value is -0.910. The Morgan fingerprint density at radius 2 is 2.33 bits per heavy atom. The molecule has 2 rings (SSSR count). The third kappa shape index (κ3) is 4.28. The third-order valence-corrected chi connectivity index (χ3v) is 5.11. The van der Waals surface area contributed by atoms with Gasteiger partial charge in [-0.3, -0.25) is 10.1 Å². The molecule has 4 nitrogen and oxygen atoms in total. The minimum atomic E-state index is -0.527. The highest BCUT2D eigenvalue weighted by molar-refractivity contribution is 7.09. The molecular weight excluding hydrogens is 284 g/mol. The molecule has 0 bridgehead atoms. The number of nitrogens with zero attached hydrogens (tertiary/aromatic N) is 1. The monoisotopic (exact) mass is 310 g/mol. The van der Waals surface area contributed by atoms with E-state index in [1.165, 1.54) is 12.0 Å². The lowest BCUT2D eigenvalue weighted by Crippen LogP contribution is -2.52. The van der Waals surface area contributed by atoms with Gasteiger partial charge >= 0.3 is 5.97 Å². The summed E-state index contributed by atoms with van der Waals surface area (Å²) in [6, 6.07) is 4.14. The van der Waals surface area contributed by atoms with Crippen LogP contribution in [0.3, 0.4) is 0 Å². The quantitative estimate of drug-likeness (QED) is 0.820. The molecule has 1 aliphatic heterocycles. The maximum absolute atomic E-state index is 12.4. The van der Waals surface area contributed by atoms with Crippen LogP contribution in [0.5, 0.6) is 0 Å². The molecule has 1 unspecified atom stereocenters. The zero-order chi connectivity index (χ0) is 15.1. The predicted octanol–water partition coefficient (Wildman–Crippen LogP) is 2.65. The van der Waals surface area contributed by atoms with Crippen molar-refractivity contribution in [3.8, 4) is 0 Å². The minimum Gasteiger partial charge on any atom is -0.468 e. The Bertz CT molecular complexity index is 435. The number of carbonyl (C=O) groups is 1. The zero-order valence-corrected chi connectivity index (χ0v) is 13.9. The van der Waals surface area contributed by atoms with E-state index in [1.54, 1.807) is 11.3 Å². The topological polar surface area (TPSA) is 41.6 Å². The van der Waals surface area contributed by atoms with Gasteiger partial charge in [-0.15, -0.1) is 11.3 Å². The summed E-state index contributed by atoms with van der Waals surface area (Å²) in [4.78, 5) is 16.1.